The minimum atomic E-state index is -2.85. The predicted octanol–water partition coefficient (Wildman–Crippen LogP) is 3.40. The molecule has 8 heteroatoms. The fourth-order valence-corrected chi connectivity index (χ4v) is 3.25. The van der Waals surface area contributed by atoms with Crippen molar-refractivity contribution in [2.45, 2.75) is 39.7 Å². The van der Waals surface area contributed by atoms with Crippen LogP contribution in [0.3, 0.4) is 0 Å². The van der Waals surface area contributed by atoms with Crippen LogP contribution in [0.25, 0.3) is 0 Å². The number of amides is 1. The average Bonchev–Trinajstić information content (AvgIpc) is 2.68. The van der Waals surface area contributed by atoms with Gasteiger partial charge < -0.3 is 14.5 Å². The van der Waals surface area contributed by atoms with Crippen molar-refractivity contribution in [1.82, 2.24) is 14.9 Å². The number of halogens is 2. The van der Waals surface area contributed by atoms with Crippen LogP contribution in [0, 0.1) is 6.92 Å². The van der Waals surface area contributed by atoms with Crippen LogP contribution in [0.15, 0.2) is 30.3 Å². The standard InChI is InChI=1S/C21H26F2N4O2/c1-14(2)20-24-15(3)12-18(25-20)26-8-10-27(11-9-26)19(28)13-16-4-6-17(7-5-16)29-21(22)23/h4-7,12,14,21H,8-11,13H2,1-3H3. The van der Waals surface area contributed by atoms with Crippen molar-refractivity contribution in [1.29, 1.82) is 0 Å². The number of nitrogens with zero attached hydrogens (tertiary/aromatic N) is 4. The molecule has 0 atom stereocenters. The number of ether oxygens (including phenoxy) is 1. The highest BCUT2D eigenvalue weighted by Crippen LogP contribution is 2.20. The van der Waals surface area contributed by atoms with Gasteiger partial charge >= 0.3 is 6.61 Å². The molecule has 0 bridgehead atoms. The second-order valence-electron chi connectivity index (χ2n) is 7.45. The van der Waals surface area contributed by atoms with E-state index >= 15 is 0 Å². The van der Waals surface area contributed by atoms with E-state index in [1.165, 1.54) is 12.1 Å². The summed E-state index contributed by atoms with van der Waals surface area (Å²) in [6, 6.07) is 8.17. The summed E-state index contributed by atoms with van der Waals surface area (Å²) in [6.45, 7) is 5.91. The van der Waals surface area contributed by atoms with Crippen LogP contribution in [0.5, 0.6) is 5.75 Å². The van der Waals surface area contributed by atoms with Crippen molar-refractivity contribution in [3.8, 4) is 5.75 Å². The fourth-order valence-electron chi connectivity index (χ4n) is 3.25. The number of carbonyl (C=O) groups is 1. The molecule has 0 spiro atoms. The van der Waals surface area contributed by atoms with Gasteiger partial charge in [-0.2, -0.15) is 8.78 Å². The lowest BCUT2D eigenvalue weighted by molar-refractivity contribution is -0.130. The Bertz CT molecular complexity index is 835. The van der Waals surface area contributed by atoms with Crippen molar-refractivity contribution in [3.63, 3.8) is 0 Å². The molecule has 1 fully saturated rings. The summed E-state index contributed by atoms with van der Waals surface area (Å²) in [5, 5.41) is 0. The quantitative estimate of drug-likeness (QED) is 0.739. The van der Waals surface area contributed by atoms with Crippen molar-refractivity contribution in [2.75, 3.05) is 31.1 Å². The molecule has 3 rings (SSSR count). The third-order valence-electron chi connectivity index (χ3n) is 4.83. The number of benzene rings is 1. The molecule has 2 aromatic rings. The second-order valence-corrected chi connectivity index (χ2v) is 7.45. The molecule has 1 amide bonds. The normalized spacial score (nSPS) is 14.6. The highest BCUT2D eigenvalue weighted by atomic mass is 19.3. The molecule has 1 aliphatic rings. The van der Waals surface area contributed by atoms with Gasteiger partial charge in [-0.15, -0.1) is 0 Å². The zero-order valence-corrected chi connectivity index (χ0v) is 16.9. The number of anilines is 1. The molecule has 0 N–H and O–H groups in total. The fraction of sp³-hybridized carbons (Fsp3) is 0.476. The van der Waals surface area contributed by atoms with Crippen LogP contribution in [-0.2, 0) is 11.2 Å². The van der Waals surface area contributed by atoms with E-state index in [9.17, 15) is 13.6 Å². The van der Waals surface area contributed by atoms with Gasteiger partial charge in [0.1, 0.15) is 17.4 Å². The van der Waals surface area contributed by atoms with Crippen LogP contribution in [0.4, 0.5) is 14.6 Å². The Morgan fingerprint density at radius 2 is 1.76 bits per heavy atom. The summed E-state index contributed by atoms with van der Waals surface area (Å²) < 4.78 is 28.8. The maximum absolute atomic E-state index is 12.6. The van der Waals surface area contributed by atoms with Gasteiger partial charge in [0.15, 0.2) is 0 Å². The van der Waals surface area contributed by atoms with Crippen LogP contribution >= 0.6 is 0 Å². The maximum Gasteiger partial charge on any atom is 0.387 e. The Morgan fingerprint density at radius 3 is 2.34 bits per heavy atom. The first-order chi connectivity index (χ1) is 13.8. The zero-order chi connectivity index (χ0) is 21.0. The number of aryl methyl sites for hydroxylation is 1. The molecule has 1 aromatic heterocycles. The molecule has 0 radical (unpaired) electrons. The first-order valence-electron chi connectivity index (χ1n) is 9.74. The van der Waals surface area contributed by atoms with E-state index in [4.69, 9.17) is 0 Å². The number of carbonyl (C=O) groups excluding carboxylic acids is 1. The molecule has 1 aliphatic heterocycles. The number of piperazine rings is 1. The molecular weight excluding hydrogens is 378 g/mol. The molecule has 2 heterocycles. The third kappa shape index (κ3) is 5.62. The van der Waals surface area contributed by atoms with E-state index in [1.54, 1.807) is 12.1 Å². The van der Waals surface area contributed by atoms with Crippen LogP contribution in [0.1, 0.15) is 36.8 Å². The number of hydrogen-bond donors (Lipinski definition) is 0. The van der Waals surface area contributed by atoms with Gasteiger partial charge in [-0.1, -0.05) is 26.0 Å². The lowest BCUT2D eigenvalue weighted by Gasteiger charge is -2.35. The van der Waals surface area contributed by atoms with Crippen molar-refractivity contribution in [2.24, 2.45) is 0 Å². The molecule has 0 unspecified atom stereocenters. The number of hydrogen-bond acceptors (Lipinski definition) is 5. The van der Waals surface area contributed by atoms with E-state index in [0.717, 1.165) is 22.9 Å². The minimum Gasteiger partial charge on any atom is -0.435 e. The van der Waals surface area contributed by atoms with Gasteiger partial charge in [0, 0.05) is 43.9 Å². The second kappa shape index (κ2) is 9.15. The monoisotopic (exact) mass is 404 g/mol. The molecule has 0 saturated carbocycles. The smallest absolute Gasteiger partial charge is 0.387 e. The van der Waals surface area contributed by atoms with E-state index in [1.807, 2.05) is 17.9 Å². The Hall–Kier alpha value is -2.77. The van der Waals surface area contributed by atoms with Gasteiger partial charge in [0.05, 0.1) is 6.42 Å². The van der Waals surface area contributed by atoms with Crippen LogP contribution in [0.2, 0.25) is 0 Å². The molecule has 6 nitrogen and oxygen atoms in total. The van der Waals surface area contributed by atoms with Gasteiger partial charge in [-0.3, -0.25) is 4.79 Å². The summed E-state index contributed by atoms with van der Waals surface area (Å²) in [5.74, 6) is 2.11. The Kier molecular flexibility index (Phi) is 6.61. The summed E-state index contributed by atoms with van der Waals surface area (Å²) >= 11 is 0. The third-order valence-corrected chi connectivity index (χ3v) is 4.83. The highest BCUT2D eigenvalue weighted by molar-refractivity contribution is 5.79. The summed E-state index contributed by atoms with van der Waals surface area (Å²) in [7, 11) is 0. The van der Waals surface area contributed by atoms with Gasteiger partial charge in [-0.25, -0.2) is 9.97 Å². The largest absolute Gasteiger partial charge is 0.435 e. The van der Waals surface area contributed by atoms with E-state index in [-0.39, 0.29) is 24.0 Å². The van der Waals surface area contributed by atoms with Crippen molar-refractivity contribution in [3.05, 3.63) is 47.4 Å². The highest BCUT2D eigenvalue weighted by Gasteiger charge is 2.23. The molecule has 156 valence electrons. The van der Waals surface area contributed by atoms with Gasteiger partial charge in [0.25, 0.3) is 0 Å². The van der Waals surface area contributed by atoms with Crippen LogP contribution in [-0.4, -0.2) is 53.6 Å². The van der Waals surface area contributed by atoms with Gasteiger partial charge in [0.2, 0.25) is 5.91 Å². The number of rotatable bonds is 6. The van der Waals surface area contributed by atoms with Gasteiger partial charge in [-0.05, 0) is 24.6 Å². The van der Waals surface area contributed by atoms with E-state index in [2.05, 4.69) is 33.5 Å². The molecule has 29 heavy (non-hydrogen) atoms. The molecule has 0 aliphatic carbocycles. The van der Waals surface area contributed by atoms with E-state index in [0.29, 0.717) is 26.2 Å². The SMILES string of the molecule is Cc1cc(N2CCN(C(=O)Cc3ccc(OC(F)F)cc3)CC2)nc(C(C)C)n1. The van der Waals surface area contributed by atoms with Crippen LogP contribution < -0.4 is 9.64 Å². The molecule has 1 saturated heterocycles. The lowest BCUT2D eigenvalue weighted by atomic mass is 10.1. The maximum atomic E-state index is 12.6. The number of alkyl halides is 2. The zero-order valence-electron chi connectivity index (χ0n) is 16.9. The molecular formula is C21H26F2N4O2. The Morgan fingerprint density at radius 1 is 1.10 bits per heavy atom. The predicted molar refractivity (Wildman–Crippen MR) is 106 cm³/mol. The summed E-state index contributed by atoms with van der Waals surface area (Å²) in [4.78, 5) is 25.8. The van der Waals surface area contributed by atoms with Crippen molar-refractivity contribution >= 4 is 11.7 Å². The van der Waals surface area contributed by atoms with Crippen molar-refractivity contribution < 1.29 is 18.3 Å². The topological polar surface area (TPSA) is 58.6 Å². The lowest BCUT2D eigenvalue weighted by Crippen LogP contribution is -2.49. The minimum absolute atomic E-state index is 0.0221. The molecule has 1 aromatic carbocycles. The Labute approximate surface area is 169 Å². The summed E-state index contributed by atoms with van der Waals surface area (Å²) in [5.41, 5.74) is 1.71. The average molecular weight is 404 g/mol. The first kappa shape index (κ1) is 21.0. The van der Waals surface area contributed by atoms with E-state index < -0.39 is 6.61 Å². The Balaban J connectivity index is 1.56. The number of aromatic nitrogens is 2. The summed E-state index contributed by atoms with van der Waals surface area (Å²) in [6.07, 6.45) is 0.235. The first-order valence-corrected chi connectivity index (χ1v) is 9.74.